The molecule has 1 rings (SSSR count). The Morgan fingerprint density at radius 2 is 2.09 bits per heavy atom. The Kier molecular flexibility index (Phi) is 6.68. The molecule has 56 valence electrons. The van der Waals surface area contributed by atoms with Crippen molar-refractivity contribution in [3.05, 3.63) is 36.8 Å². The van der Waals surface area contributed by atoms with Crippen molar-refractivity contribution in [3.63, 3.8) is 0 Å². The van der Waals surface area contributed by atoms with Crippen LogP contribution in [0.3, 0.4) is 0 Å². The van der Waals surface area contributed by atoms with Gasteiger partial charge in [-0.25, -0.2) is 0 Å². The Labute approximate surface area is 84.2 Å². The van der Waals surface area contributed by atoms with Gasteiger partial charge in [-0.2, -0.15) is 18.6 Å². The average Bonchev–Trinajstić information content (AvgIpc) is 2.08. The number of benzene rings is 1. The minimum absolute atomic E-state index is 0.863. The van der Waals surface area contributed by atoms with E-state index in [1.54, 1.807) is 7.11 Å². The third-order valence-corrected chi connectivity index (χ3v) is 1.13. The Hall–Kier alpha value is -0.00662. The molecular weight excluding hydrogens is 257 g/mol. The molecule has 0 aliphatic heterocycles. The van der Waals surface area contributed by atoms with Gasteiger partial charge in [-0.3, -0.25) is 0 Å². The molecule has 3 heteroatoms. The summed E-state index contributed by atoms with van der Waals surface area (Å²) in [4.78, 5) is 0. The minimum atomic E-state index is 0.863. The van der Waals surface area contributed by atoms with Gasteiger partial charge < -0.3 is 4.74 Å². The van der Waals surface area contributed by atoms with Crippen LogP contribution >= 0.6 is 13.6 Å². The third-order valence-electron chi connectivity index (χ3n) is 1.13. The molecule has 0 unspecified atom stereocenters. The van der Waals surface area contributed by atoms with Crippen LogP contribution in [0.5, 0.6) is 5.75 Å². The van der Waals surface area contributed by atoms with Crippen molar-refractivity contribution >= 4 is 13.6 Å². The van der Waals surface area contributed by atoms with Gasteiger partial charge in [0.15, 0.2) is 0 Å². The molecule has 0 bridgehead atoms. The van der Waals surface area contributed by atoms with E-state index in [0.717, 1.165) is 11.3 Å². The van der Waals surface area contributed by atoms with Gasteiger partial charge >= 0.3 is 30.0 Å². The number of hydrogen-bond donors (Lipinski definition) is 0. The first-order valence-electron chi connectivity index (χ1n) is 3.05. The number of methoxy groups -OCH3 is 1. The summed E-state index contributed by atoms with van der Waals surface area (Å²) in [6, 6.07) is 7.64. The zero-order valence-electron chi connectivity index (χ0n) is 6.51. The fourth-order valence-electron chi connectivity index (χ4n) is 0.672. The van der Waals surface area contributed by atoms with Gasteiger partial charge in [0, 0.05) is 0 Å². The Balaban J connectivity index is 0.000000461. The second kappa shape index (κ2) is 6.69. The summed E-state index contributed by atoms with van der Waals surface area (Å²) >= 11 is 4.25. The summed E-state index contributed by atoms with van der Waals surface area (Å²) in [5.41, 5.74) is 0.981. The fraction of sp³-hybridized carbons (Fsp3) is 0.125. The van der Waals surface area contributed by atoms with Crippen molar-refractivity contribution in [1.29, 1.82) is 0 Å². The van der Waals surface area contributed by atoms with Crippen LogP contribution in [0.15, 0.2) is 24.3 Å². The quantitative estimate of drug-likeness (QED) is 0.561. The van der Waals surface area contributed by atoms with E-state index in [2.05, 4.69) is 20.5 Å². The van der Waals surface area contributed by atoms with Crippen LogP contribution in [0.2, 0.25) is 0 Å². The Bertz CT molecular complexity index is 203. The molecule has 0 saturated heterocycles. The maximum absolute atomic E-state index is 4.96. The van der Waals surface area contributed by atoms with E-state index in [1.807, 2.05) is 24.3 Å². The van der Waals surface area contributed by atoms with Crippen LogP contribution in [0.1, 0.15) is 5.56 Å². The van der Waals surface area contributed by atoms with E-state index in [1.165, 1.54) is 16.3 Å². The van der Waals surface area contributed by atoms with E-state index in [-0.39, 0.29) is 0 Å². The second-order valence-corrected chi connectivity index (χ2v) is 1.85. The molecular formula is C8H9BrOZn. The van der Waals surface area contributed by atoms with Gasteiger partial charge in [-0.05, 0) is 6.07 Å². The molecule has 0 aliphatic carbocycles. The summed E-state index contributed by atoms with van der Waals surface area (Å²) in [6.07, 6.45) is 0. The molecule has 11 heavy (non-hydrogen) atoms. The molecule has 0 atom stereocenters. The van der Waals surface area contributed by atoms with Gasteiger partial charge in [0.2, 0.25) is 0 Å². The molecule has 1 nitrogen and oxygen atoms in total. The molecule has 0 spiro atoms. The summed E-state index contributed by atoms with van der Waals surface area (Å²) in [7, 11) is 1.65. The van der Waals surface area contributed by atoms with Crippen molar-refractivity contribution < 1.29 is 21.1 Å². The fourth-order valence-corrected chi connectivity index (χ4v) is 0.672. The Morgan fingerprint density at radius 1 is 1.45 bits per heavy atom. The van der Waals surface area contributed by atoms with Crippen LogP contribution in [0, 0.1) is 6.92 Å². The van der Waals surface area contributed by atoms with Gasteiger partial charge in [0.25, 0.3) is 0 Å². The maximum atomic E-state index is 4.96. The zero-order valence-corrected chi connectivity index (χ0v) is 11.1. The summed E-state index contributed by atoms with van der Waals surface area (Å²) in [5.74, 6) is 0.863. The van der Waals surface area contributed by atoms with Gasteiger partial charge in [-0.15, -0.1) is 12.1 Å². The summed E-state index contributed by atoms with van der Waals surface area (Å²) in [5, 5.41) is 0. The SMILES string of the molecule is [CH2-]c1cccc(OC)c1.[Zn+][Br]. The van der Waals surface area contributed by atoms with Gasteiger partial charge in [-0.1, -0.05) is 0 Å². The standard InChI is InChI=1S/C8H9O.BrH.Zn/c1-7-4-3-5-8(6-7)9-2;;/h3-6H,1H2,2H3;1H;/q-1;;+2/p-1. The van der Waals surface area contributed by atoms with E-state index < -0.39 is 0 Å². The van der Waals surface area contributed by atoms with Crippen LogP contribution < -0.4 is 4.74 Å². The summed E-state index contributed by atoms with van der Waals surface area (Å²) in [6.45, 7) is 3.75. The van der Waals surface area contributed by atoms with Crippen LogP contribution in [-0.2, 0) is 16.3 Å². The number of halogens is 1. The van der Waals surface area contributed by atoms with Gasteiger partial charge in [0.1, 0.15) is 0 Å². The topological polar surface area (TPSA) is 9.23 Å². The normalized spacial score (nSPS) is 8.00. The van der Waals surface area contributed by atoms with E-state index in [0.29, 0.717) is 0 Å². The predicted molar refractivity (Wildman–Crippen MR) is 46.4 cm³/mol. The molecule has 0 fully saturated rings. The number of rotatable bonds is 1. The third kappa shape index (κ3) is 4.44. The van der Waals surface area contributed by atoms with E-state index >= 15 is 0 Å². The van der Waals surface area contributed by atoms with Crippen molar-refractivity contribution in [2.24, 2.45) is 0 Å². The Morgan fingerprint density at radius 3 is 2.45 bits per heavy atom. The second-order valence-electron chi connectivity index (χ2n) is 1.85. The summed E-state index contributed by atoms with van der Waals surface area (Å²) < 4.78 is 4.96. The van der Waals surface area contributed by atoms with Crippen LogP contribution in [0.25, 0.3) is 0 Å². The van der Waals surface area contributed by atoms with E-state index in [9.17, 15) is 0 Å². The van der Waals surface area contributed by atoms with Crippen molar-refractivity contribution in [2.75, 3.05) is 7.11 Å². The molecule has 0 N–H and O–H groups in total. The molecule has 0 radical (unpaired) electrons. The van der Waals surface area contributed by atoms with Crippen molar-refractivity contribution in [3.8, 4) is 5.75 Å². The average molecular weight is 266 g/mol. The molecule has 0 amide bonds. The molecule has 1 aromatic rings. The van der Waals surface area contributed by atoms with Crippen molar-refractivity contribution in [2.45, 2.75) is 0 Å². The van der Waals surface area contributed by atoms with Crippen LogP contribution in [-0.4, -0.2) is 7.11 Å². The molecule has 0 aromatic heterocycles. The zero-order chi connectivity index (χ0) is 8.69. The molecule has 0 heterocycles. The van der Waals surface area contributed by atoms with E-state index in [4.69, 9.17) is 4.74 Å². The van der Waals surface area contributed by atoms with Gasteiger partial charge in [0.05, 0.1) is 12.9 Å². The first-order valence-corrected chi connectivity index (χ1v) is 10.0. The molecule has 0 aliphatic rings. The number of ether oxygens (including phenoxy) is 1. The van der Waals surface area contributed by atoms with Crippen LogP contribution in [0.4, 0.5) is 0 Å². The first-order chi connectivity index (χ1) is 5.33. The molecule has 1 aromatic carbocycles. The molecule has 0 saturated carbocycles. The predicted octanol–water partition coefficient (Wildman–Crippen LogP) is 2.72. The monoisotopic (exact) mass is 264 g/mol. The number of hydrogen-bond acceptors (Lipinski definition) is 1. The van der Waals surface area contributed by atoms with Crippen molar-refractivity contribution in [1.82, 2.24) is 0 Å². The first kappa shape index (κ1) is 11.0.